The fourth-order valence-corrected chi connectivity index (χ4v) is 2.19. The maximum Gasteiger partial charge on any atom is 0.122 e. The Morgan fingerprint density at radius 2 is 1.65 bits per heavy atom. The van der Waals surface area contributed by atoms with Crippen LogP contribution < -0.4 is 4.74 Å². The summed E-state index contributed by atoms with van der Waals surface area (Å²) in [6, 6.07) is 3.96. The predicted molar refractivity (Wildman–Crippen MR) is 85.8 cm³/mol. The van der Waals surface area contributed by atoms with Gasteiger partial charge >= 0.3 is 0 Å². The molecule has 0 heterocycles. The Balaban J connectivity index is 3.18. The topological polar surface area (TPSA) is 29.5 Å². The van der Waals surface area contributed by atoms with Crippen LogP contribution in [-0.4, -0.2) is 11.7 Å². The third kappa shape index (κ3) is 4.73. The number of aromatic hydroxyl groups is 1. The quantitative estimate of drug-likeness (QED) is 0.833. The molecular weight excluding hydrogens is 248 g/mol. The van der Waals surface area contributed by atoms with Crippen LogP contribution >= 0.6 is 0 Å². The molecule has 0 aliphatic rings. The van der Waals surface area contributed by atoms with E-state index >= 15 is 0 Å². The van der Waals surface area contributed by atoms with E-state index in [4.69, 9.17) is 4.74 Å². The number of phenolic OH excluding ortho intramolecular Hbond substituents is 1. The molecule has 0 saturated carbocycles. The van der Waals surface area contributed by atoms with Crippen molar-refractivity contribution in [1.82, 2.24) is 0 Å². The monoisotopic (exact) mass is 278 g/mol. The van der Waals surface area contributed by atoms with Gasteiger partial charge in [-0.2, -0.15) is 0 Å². The molecule has 114 valence electrons. The van der Waals surface area contributed by atoms with Gasteiger partial charge < -0.3 is 9.84 Å². The molecule has 1 N–H and O–H groups in total. The highest BCUT2D eigenvalue weighted by molar-refractivity contribution is 5.49. The van der Waals surface area contributed by atoms with Crippen molar-refractivity contribution in [3.63, 3.8) is 0 Å². The van der Waals surface area contributed by atoms with Crippen LogP contribution in [0.4, 0.5) is 0 Å². The Hall–Kier alpha value is -1.18. The Labute approximate surface area is 124 Å². The van der Waals surface area contributed by atoms with Gasteiger partial charge in [-0.25, -0.2) is 0 Å². The highest BCUT2D eigenvalue weighted by atomic mass is 16.5. The van der Waals surface area contributed by atoms with Crippen molar-refractivity contribution in [1.29, 1.82) is 0 Å². The van der Waals surface area contributed by atoms with Crippen LogP contribution in [0.25, 0.3) is 0 Å². The van der Waals surface area contributed by atoms with Crippen molar-refractivity contribution in [2.24, 2.45) is 5.41 Å². The number of hydrogen-bond acceptors (Lipinski definition) is 2. The molecule has 0 aliphatic heterocycles. The normalized spacial score (nSPS) is 12.6. The van der Waals surface area contributed by atoms with Crippen molar-refractivity contribution in [3.8, 4) is 11.5 Å². The molecule has 0 bridgehead atoms. The zero-order valence-electron chi connectivity index (χ0n) is 14.1. The van der Waals surface area contributed by atoms with E-state index in [1.807, 2.05) is 19.1 Å². The van der Waals surface area contributed by atoms with Crippen molar-refractivity contribution >= 4 is 0 Å². The molecular formula is C18H30O2. The minimum absolute atomic E-state index is 0.0896. The summed E-state index contributed by atoms with van der Waals surface area (Å²) in [6.45, 7) is 15.6. The molecule has 0 spiro atoms. The maximum absolute atomic E-state index is 10.6. The summed E-state index contributed by atoms with van der Waals surface area (Å²) in [5, 5.41) is 10.6. The van der Waals surface area contributed by atoms with Crippen molar-refractivity contribution in [2.45, 2.75) is 66.7 Å². The second-order valence-corrected chi connectivity index (χ2v) is 7.72. The number of aryl methyl sites for hydroxylation is 1. The lowest BCUT2D eigenvalue weighted by Gasteiger charge is -2.24. The fraction of sp³-hybridized carbons (Fsp3) is 0.667. The first-order valence-electron chi connectivity index (χ1n) is 7.54. The zero-order valence-corrected chi connectivity index (χ0v) is 14.1. The van der Waals surface area contributed by atoms with Gasteiger partial charge in [-0.15, -0.1) is 0 Å². The van der Waals surface area contributed by atoms with Crippen LogP contribution in [0.1, 0.15) is 66.0 Å². The van der Waals surface area contributed by atoms with E-state index in [9.17, 15) is 5.11 Å². The SMILES string of the molecule is CCOc1cc(CCC(C)(C)C)c(O)c(C(C)(C)C)c1. The summed E-state index contributed by atoms with van der Waals surface area (Å²) in [6.07, 6.45) is 1.92. The molecule has 0 aliphatic carbocycles. The van der Waals surface area contributed by atoms with Gasteiger partial charge in [-0.05, 0) is 48.3 Å². The number of ether oxygens (including phenoxy) is 1. The summed E-state index contributed by atoms with van der Waals surface area (Å²) in [5.74, 6) is 1.30. The lowest BCUT2D eigenvalue weighted by molar-refractivity contribution is 0.335. The van der Waals surface area contributed by atoms with Gasteiger partial charge in [-0.3, -0.25) is 0 Å². The van der Waals surface area contributed by atoms with Crippen LogP contribution in [0.15, 0.2) is 12.1 Å². The van der Waals surface area contributed by atoms with Crippen LogP contribution in [0, 0.1) is 5.41 Å². The molecule has 0 atom stereocenters. The van der Waals surface area contributed by atoms with Crippen molar-refractivity contribution in [2.75, 3.05) is 6.61 Å². The fourth-order valence-electron chi connectivity index (χ4n) is 2.19. The molecule has 0 aromatic heterocycles. The number of hydrogen-bond donors (Lipinski definition) is 1. The second kappa shape index (κ2) is 6.07. The molecule has 0 amide bonds. The van der Waals surface area contributed by atoms with E-state index in [-0.39, 0.29) is 10.8 Å². The molecule has 1 aromatic rings. The molecule has 2 heteroatoms. The second-order valence-electron chi connectivity index (χ2n) is 7.72. The average molecular weight is 278 g/mol. The van der Waals surface area contributed by atoms with Crippen LogP contribution in [0.2, 0.25) is 0 Å². The minimum atomic E-state index is -0.0896. The third-order valence-corrected chi connectivity index (χ3v) is 3.43. The standard InChI is InChI=1S/C18H30O2/c1-8-20-14-11-13(9-10-17(2,3)4)16(19)15(12-14)18(5,6)7/h11-12,19H,8-10H2,1-7H3. The van der Waals surface area contributed by atoms with Crippen molar-refractivity contribution in [3.05, 3.63) is 23.3 Å². The van der Waals surface area contributed by atoms with Gasteiger partial charge in [0.05, 0.1) is 6.61 Å². The van der Waals surface area contributed by atoms with Gasteiger partial charge in [0, 0.05) is 5.56 Å². The highest BCUT2D eigenvalue weighted by Crippen LogP contribution is 2.38. The Morgan fingerprint density at radius 1 is 1.05 bits per heavy atom. The molecule has 0 saturated heterocycles. The van der Waals surface area contributed by atoms with Gasteiger partial charge in [0.1, 0.15) is 11.5 Å². The van der Waals surface area contributed by atoms with E-state index in [0.717, 1.165) is 29.7 Å². The van der Waals surface area contributed by atoms with E-state index in [1.54, 1.807) is 0 Å². The Bertz CT molecular complexity index is 448. The third-order valence-electron chi connectivity index (χ3n) is 3.43. The summed E-state index contributed by atoms with van der Waals surface area (Å²) >= 11 is 0. The van der Waals surface area contributed by atoms with Crippen LogP contribution in [-0.2, 0) is 11.8 Å². The number of phenols is 1. The highest BCUT2D eigenvalue weighted by Gasteiger charge is 2.22. The lowest BCUT2D eigenvalue weighted by atomic mass is 9.83. The summed E-state index contributed by atoms with van der Waals surface area (Å²) in [5.41, 5.74) is 2.13. The summed E-state index contributed by atoms with van der Waals surface area (Å²) in [4.78, 5) is 0. The number of rotatable bonds is 4. The summed E-state index contributed by atoms with van der Waals surface area (Å²) in [7, 11) is 0. The molecule has 0 fully saturated rings. The largest absolute Gasteiger partial charge is 0.507 e. The van der Waals surface area contributed by atoms with E-state index in [1.165, 1.54) is 0 Å². The van der Waals surface area contributed by atoms with Gasteiger partial charge in [0.25, 0.3) is 0 Å². The van der Waals surface area contributed by atoms with Crippen molar-refractivity contribution < 1.29 is 9.84 Å². The van der Waals surface area contributed by atoms with Gasteiger partial charge in [-0.1, -0.05) is 41.5 Å². The first-order chi connectivity index (χ1) is 9.04. The molecule has 1 aromatic carbocycles. The van der Waals surface area contributed by atoms with E-state index in [0.29, 0.717) is 12.4 Å². The predicted octanol–water partition coefficient (Wildman–Crippen LogP) is 5.07. The zero-order chi connectivity index (χ0) is 15.6. The first kappa shape index (κ1) is 16.9. The summed E-state index contributed by atoms with van der Waals surface area (Å²) < 4.78 is 5.66. The van der Waals surface area contributed by atoms with E-state index < -0.39 is 0 Å². The first-order valence-corrected chi connectivity index (χ1v) is 7.54. The van der Waals surface area contributed by atoms with E-state index in [2.05, 4.69) is 41.5 Å². The van der Waals surface area contributed by atoms with Crippen LogP contribution in [0.5, 0.6) is 11.5 Å². The maximum atomic E-state index is 10.6. The van der Waals surface area contributed by atoms with Gasteiger partial charge in [0.2, 0.25) is 0 Å². The Morgan fingerprint density at radius 3 is 2.10 bits per heavy atom. The van der Waals surface area contributed by atoms with Crippen LogP contribution in [0.3, 0.4) is 0 Å². The molecule has 0 radical (unpaired) electrons. The number of benzene rings is 1. The molecule has 20 heavy (non-hydrogen) atoms. The Kier molecular flexibility index (Phi) is 5.12. The minimum Gasteiger partial charge on any atom is -0.507 e. The lowest BCUT2D eigenvalue weighted by Crippen LogP contribution is -2.13. The van der Waals surface area contributed by atoms with Gasteiger partial charge in [0.15, 0.2) is 0 Å². The average Bonchev–Trinajstić information content (AvgIpc) is 2.27. The molecule has 0 unspecified atom stereocenters. The molecule has 1 rings (SSSR count). The smallest absolute Gasteiger partial charge is 0.122 e. The molecule has 2 nitrogen and oxygen atoms in total.